The topological polar surface area (TPSA) is 48.7 Å². The van der Waals surface area contributed by atoms with Gasteiger partial charge in [-0.1, -0.05) is 30.3 Å². The Kier molecular flexibility index (Phi) is 5.30. The molecule has 32 heavy (non-hydrogen) atoms. The highest BCUT2D eigenvalue weighted by Gasteiger charge is 2.09. The number of pyridine rings is 2. The summed E-state index contributed by atoms with van der Waals surface area (Å²) >= 11 is 0. The second kappa shape index (κ2) is 8.55. The van der Waals surface area contributed by atoms with Crippen LogP contribution in [0, 0.1) is 0 Å². The number of hydrogen-bond donors (Lipinski definition) is 0. The van der Waals surface area contributed by atoms with Gasteiger partial charge in [0.1, 0.15) is 17.1 Å². The Morgan fingerprint density at radius 1 is 0.688 bits per heavy atom. The summed E-state index contributed by atoms with van der Waals surface area (Å²) in [6.45, 7) is 4.05. The van der Waals surface area contributed by atoms with E-state index >= 15 is 0 Å². The lowest BCUT2D eigenvalue weighted by molar-refractivity contribution is 0.242. The van der Waals surface area contributed by atoms with Crippen molar-refractivity contribution in [2.24, 2.45) is 0 Å². The van der Waals surface area contributed by atoms with Crippen LogP contribution in [0.1, 0.15) is 13.8 Å². The maximum Gasteiger partial charge on any atom is 0.219 e. The molecule has 0 radical (unpaired) electrons. The highest BCUT2D eigenvalue weighted by atomic mass is 16.5. The molecule has 0 aliphatic heterocycles. The van der Waals surface area contributed by atoms with Gasteiger partial charge in [-0.25, -0.2) is 9.97 Å². The highest BCUT2D eigenvalue weighted by molar-refractivity contribution is 5.69. The van der Waals surface area contributed by atoms with E-state index in [4.69, 9.17) is 9.47 Å². The average molecular weight is 422 g/mol. The van der Waals surface area contributed by atoms with Gasteiger partial charge in [0, 0.05) is 24.0 Å². The third-order valence-electron chi connectivity index (χ3n) is 5.06. The maximum atomic E-state index is 5.80. The molecule has 0 bridgehead atoms. The fourth-order valence-corrected chi connectivity index (χ4v) is 3.56. The summed E-state index contributed by atoms with van der Waals surface area (Å²) in [6.07, 6.45) is 5.94. The molecule has 3 aromatic heterocycles. The van der Waals surface area contributed by atoms with E-state index in [9.17, 15) is 0 Å². The third-order valence-corrected chi connectivity index (χ3v) is 5.06. The van der Waals surface area contributed by atoms with Gasteiger partial charge in [0.05, 0.1) is 18.0 Å². The van der Waals surface area contributed by atoms with Crippen LogP contribution in [-0.4, -0.2) is 20.5 Å². The van der Waals surface area contributed by atoms with E-state index in [1.54, 1.807) is 0 Å². The monoisotopic (exact) mass is 421 g/mol. The van der Waals surface area contributed by atoms with Crippen molar-refractivity contribution in [3.8, 4) is 39.8 Å². The van der Waals surface area contributed by atoms with Crippen molar-refractivity contribution in [3.63, 3.8) is 0 Å². The molecular weight excluding hydrogens is 398 g/mol. The van der Waals surface area contributed by atoms with Crippen molar-refractivity contribution >= 4 is 5.65 Å². The molecule has 0 saturated heterocycles. The van der Waals surface area contributed by atoms with Gasteiger partial charge in [-0.15, -0.1) is 0 Å². The fourth-order valence-electron chi connectivity index (χ4n) is 3.56. The minimum absolute atomic E-state index is 0.156. The van der Waals surface area contributed by atoms with Gasteiger partial charge in [0.25, 0.3) is 0 Å². The predicted molar refractivity (Wildman–Crippen MR) is 126 cm³/mol. The molecule has 0 atom stereocenters. The Labute approximate surface area is 186 Å². The summed E-state index contributed by atoms with van der Waals surface area (Å²) in [5.74, 6) is 2.19. The molecule has 0 unspecified atom stereocenters. The zero-order valence-corrected chi connectivity index (χ0v) is 18.0. The normalized spacial score (nSPS) is 11.1. The van der Waals surface area contributed by atoms with E-state index in [1.807, 2.05) is 86.9 Å². The number of para-hydroxylation sites is 1. The van der Waals surface area contributed by atoms with Gasteiger partial charge < -0.3 is 9.47 Å². The van der Waals surface area contributed by atoms with E-state index < -0.39 is 0 Å². The molecular formula is C27H23N3O2. The van der Waals surface area contributed by atoms with Crippen LogP contribution in [0.5, 0.6) is 17.4 Å². The highest BCUT2D eigenvalue weighted by Crippen LogP contribution is 2.28. The lowest BCUT2D eigenvalue weighted by Gasteiger charge is -2.11. The molecule has 0 aliphatic rings. The van der Waals surface area contributed by atoms with Crippen LogP contribution in [0.2, 0.25) is 0 Å². The van der Waals surface area contributed by atoms with Crippen LogP contribution in [-0.2, 0) is 0 Å². The lowest BCUT2D eigenvalue weighted by Crippen LogP contribution is -2.05. The van der Waals surface area contributed by atoms with Gasteiger partial charge in [-0.3, -0.25) is 4.40 Å². The minimum atomic E-state index is 0.156. The number of rotatable bonds is 6. The molecule has 0 aliphatic carbocycles. The first-order valence-corrected chi connectivity index (χ1v) is 10.6. The molecule has 0 fully saturated rings. The second-order valence-electron chi connectivity index (χ2n) is 7.78. The van der Waals surface area contributed by atoms with Gasteiger partial charge in [-0.05, 0) is 67.4 Å². The Balaban J connectivity index is 1.42. The molecule has 158 valence electrons. The summed E-state index contributed by atoms with van der Waals surface area (Å²) in [4.78, 5) is 9.02. The Morgan fingerprint density at radius 3 is 2.16 bits per heavy atom. The first kappa shape index (κ1) is 19.8. The van der Waals surface area contributed by atoms with E-state index in [1.165, 1.54) is 0 Å². The Morgan fingerprint density at radius 2 is 1.44 bits per heavy atom. The van der Waals surface area contributed by atoms with Gasteiger partial charge in [0.2, 0.25) is 5.88 Å². The molecule has 5 aromatic rings. The van der Waals surface area contributed by atoms with Gasteiger partial charge in [0.15, 0.2) is 0 Å². The first-order valence-electron chi connectivity index (χ1n) is 10.6. The number of nitrogens with zero attached hydrogens (tertiary/aromatic N) is 3. The van der Waals surface area contributed by atoms with Crippen molar-refractivity contribution in [1.82, 2.24) is 14.4 Å². The summed E-state index contributed by atoms with van der Waals surface area (Å²) in [5, 5.41) is 0. The molecule has 0 saturated carbocycles. The summed E-state index contributed by atoms with van der Waals surface area (Å²) in [5.41, 5.74) is 5.04. The van der Waals surface area contributed by atoms with Crippen LogP contribution in [0.25, 0.3) is 28.0 Å². The summed E-state index contributed by atoms with van der Waals surface area (Å²) in [7, 11) is 0. The Bertz CT molecular complexity index is 1330. The molecule has 5 nitrogen and oxygen atoms in total. The molecule has 2 aromatic carbocycles. The smallest absolute Gasteiger partial charge is 0.219 e. The number of benzene rings is 2. The summed E-state index contributed by atoms with van der Waals surface area (Å²) in [6, 6.07) is 25.8. The SMILES string of the molecule is CC(C)Oc1ccc(-c2ccc3ncc(-c4ccc(Oc5ccccc5)nc4)n3c2)cc1. The number of fused-ring (bicyclic) bond motifs is 1. The van der Waals surface area contributed by atoms with Crippen LogP contribution >= 0.6 is 0 Å². The number of hydrogen-bond acceptors (Lipinski definition) is 4. The van der Waals surface area contributed by atoms with E-state index in [0.717, 1.165) is 39.5 Å². The first-order chi connectivity index (χ1) is 15.7. The molecule has 0 amide bonds. The van der Waals surface area contributed by atoms with Crippen LogP contribution < -0.4 is 9.47 Å². The average Bonchev–Trinajstić information content (AvgIpc) is 3.24. The van der Waals surface area contributed by atoms with E-state index in [2.05, 4.69) is 38.8 Å². The predicted octanol–water partition coefficient (Wildman–Crippen LogP) is 6.64. The molecule has 3 heterocycles. The minimum Gasteiger partial charge on any atom is -0.491 e. The van der Waals surface area contributed by atoms with Crippen molar-refractivity contribution in [3.05, 3.63) is 97.5 Å². The van der Waals surface area contributed by atoms with Gasteiger partial charge in [-0.2, -0.15) is 0 Å². The zero-order valence-electron chi connectivity index (χ0n) is 18.0. The number of imidazole rings is 1. The standard InChI is InChI=1S/C27H23N3O2/c1-19(2)31-24-12-8-20(9-13-24)22-10-14-26-28-17-25(30(26)18-22)21-11-15-27(29-16-21)32-23-6-4-3-5-7-23/h3-19H,1-2H3. The maximum absolute atomic E-state index is 5.80. The second-order valence-corrected chi connectivity index (χ2v) is 7.78. The number of ether oxygens (including phenoxy) is 2. The van der Waals surface area contributed by atoms with Crippen molar-refractivity contribution < 1.29 is 9.47 Å². The van der Waals surface area contributed by atoms with Crippen LogP contribution in [0.3, 0.4) is 0 Å². The summed E-state index contributed by atoms with van der Waals surface area (Å²) < 4.78 is 13.6. The molecule has 0 spiro atoms. The van der Waals surface area contributed by atoms with Crippen molar-refractivity contribution in [2.45, 2.75) is 20.0 Å². The van der Waals surface area contributed by atoms with Crippen LogP contribution in [0.15, 0.2) is 97.5 Å². The lowest BCUT2D eigenvalue weighted by atomic mass is 10.1. The van der Waals surface area contributed by atoms with E-state index in [0.29, 0.717) is 5.88 Å². The van der Waals surface area contributed by atoms with Crippen molar-refractivity contribution in [2.75, 3.05) is 0 Å². The fraction of sp³-hybridized carbons (Fsp3) is 0.111. The number of aromatic nitrogens is 3. The zero-order chi connectivity index (χ0) is 21.9. The Hall–Kier alpha value is -4.12. The van der Waals surface area contributed by atoms with E-state index in [-0.39, 0.29) is 6.10 Å². The van der Waals surface area contributed by atoms with Crippen molar-refractivity contribution in [1.29, 1.82) is 0 Å². The molecule has 0 N–H and O–H groups in total. The quantitative estimate of drug-likeness (QED) is 0.308. The van der Waals surface area contributed by atoms with Crippen LogP contribution in [0.4, 0.5) is 0 Å². The van der Waals surface area contributed by atoms with Gasteiger partial charge >= 0.3 is 0 Å². The molecule has 5 rings (SSSR count). The third kappa shape index (κ3) is 4.18. The largest absolute Gasteiger partial charge is 0.491 e. The molecule has 5 heteroatoms.